The van der Waals surface area contributed by atoms with Gasteiger partial charge in [0.2, 0.25) is 12.3 Å². The first kappa shape index (κ1) is 17.3. The van der Waals surface area contributed by atoms with Crippen molar-refractivity contribution in [3.63, 3.8) is 0 Å². The quantitative estimate of drug-likeness (QED) is 0.553. The van der Waals surface area contributed by atoms with Crippen LogP contribution in [0.4, 0.5) is 0 Å². The first-order valence-corrected chi connectivity index (χ1v) is 7.91. The molecule has 1 atom stereocenters. The van der Waals surface area contributed by atoms with Crippen LogP contribution in [-0.2, 0) is 14.4 Å². The number of nitrogens with zero attached hydrogens (tertiary/aromatic N) is 1. The molecule has 21 heavy (non-hydrogen) atoms. The summed E-state index contributed by atoms with van der Waals surface area (Å²) in [5.74, 6) is -1.26. The highest BCUT2D eigenvalue weighted by Crippen LogP contribution is 2.27. The highest BCUT2D eigenvalue weighted by atomic mass is 32.2. The Balaban J connectivity index is 2.38. The number of carboxylic acids is 1. The largest absolute Gasteiger partial charge is 0.480 e. The van der Waals surface area contributed by atoms with Gasteiger partial charge in [0.15, 0.2) is 0 Å². The Kier molecular flexibility index (Phi) is 7.02. The maximum atomic E-state index is 11.9. The third-order valence-electron chi connectivity index (χ3n) is 3.38. The van der Waals surface area contributed by atoms with Crippen molar-refractivity contribution in [2.24, 2.45) is 0 Å². The minimum atomic E-state index is -1.14. The summed E-state index contributed by atoms with van der Waals surface area (Å²) in [5, 5.41) is 23.0. The van der Waals surface area contributed by atoms with Crippen LogP contribution in [-0.4, -0.2) is 46.5 Å². The molecule has 0 aliphatic heterocycles. The van der Waals surface area contributed by atoms with E-state index in [1.54, 1.807) is 0 Å². The van der Waals surface area contributed by atoms with Gasteiger partial charge in [-0.3, -0.25) is 9.59 Å². The molecule has 3 N–H and O–H groups in total. The van der Waals surface area contributed by atoms with Crippen molar-refractivity contribution in [1.82, 2.24) is 10.6 Å². The van der Waals surface area contributed by atoms with Crippen molar-refractivity contribution in [2.75, 3.05) is 11.5 Å². The molecular formula is C13H19N3O4S. The number of rotatable bonds is 8. The minimum absolute atomic E-state index is 0.0632. The number of hydrogen-bond donors (Lipinski definition) is 3. The number of carboxylic acid groups (broad SMARTS) is 1. The molecule has 8 heteroatoms. The summed E-state index contributed by atoms with van der Waals surface area (Å²) >= 11 is 1.11. The summed E-state index contributed by atoms with van der Waals surface area (Å²) in [5.41, 5.74) is -0.775. The number of thioether (sulfide) groups is 1. The number of nitriles is 1. The van der Waals surface area contributed by atoms with Crippen molar-refractivity contribution in [1.29, 1.82) is 5.26 Å². The van der Waals surface area contributed by atoms with E-state index in [-0.39, 0.29) is 17.4 Å². The fraction of sp³-hybridized carbons (Fsp3) is 0.692. The molecule has 116 valence electrons. The molecule has 0 saturated heterocycles. The number of carbonyl (C=O) groups is 3. The number of carbonyl (C=O) groups excluding carboxylic acids is 2. The van der Waals surface area contributed by atoms with Crippen LogP contribution in [0, 0.1) is 11.3 Å². The molecule has 0 bridgehead atoms. The summed E-state index contributed by atoms with van der Waals surface area (Å²) in [4.78, 5) is 32.9. The maximum absolute atomic E-state index is 11.9. The van der Waals surface area contributed by atoms with E-state index in [9.17, 15) is 19.6 Å². The molecule has 0 spiro atoms. The second-order valence-corrected chi connectivity index (χ2v) is 6.02. The molecule has 1 fully saturated rings. The lowest BCUT2D eigenvalue weighted by Gasteiger charge is -2.31. The molecule has 0 radical (unpaired) electrons. The lowest BCUT2D eigenvalue weighted by molar-refractivity contribution is -0.139. The van der Waals surface area contributed by atoms with E-state index in [1.165, 1.54) is 0 Å². The molecule has 1 rings (SSSR count). The number of hydrogen-bond acceptors (Lipinski definition) is 5. The highest BCUT2D eigenvalue weighted by Gasteiger charge is 2.33. The molecule has 1 aliphatic carbocycles. The fourth-order valence-electron chi connectivity index (χ4n) is 2.27. The number of amides is 2. The standard InChI is InChI=1S/C13H19N3O4S/c14-8-13(4-2-1-3-5-13)16-11(18)7-21-6-10(12(19)20)15-9-17/h9-10H,1-7H2,(H,15,17)(H,16,18)(H,19,20). The Morgan fingerprint density at radius 2 is 2.05 bits per heavy atom. The van der Waals surface area contributed by atoms with Gasteiger partial charge in [0.1, 0.15) is 11.6 Å². The fourth-order valence-corrected chi connectivity index (χ4v) is 3.12. The van der Waals surface area contributed by atoms with Gasteiger partial charge in [-0.05, 0) is 12.8 Å². The number of aliphatic carboxylic acids is 1. The van der Waals surface area contributed by atoms with Gasteiger partial charge in [-0.2, -0.15) is 5.26 Å². The van der Waals surface area contributed by atoms with Crippen molar-refractivity contribution < 1.29 is 19.5 Å². The summed E-state index contributed by atoms with van der Waals surface area (Å²) in [6.45, 7) is 0. The zero-order valence-corrected chi connectivity index (χ0v) is 12.4. The average molecular weight is 313 g/mol. The van der Waals surface area contributed by atoms with Gasteiger partial charge < -0.3 is 15.7 Å². The highest BCUT2D eigenvalue weighted by molar-refractivity contribution is 8.00. The lowest BCUT2D eigenvalue weighted by Crippen LogP contribution is -2.49. The zero-order chi connectivity index (χ0) is 15.7. The molecule has 0 aromatic heterocycles. The SMILES string of the molecule is N#CC1(NC(=O)CSCC(NC=O)C(=O)O)CCCCC1. The topological polar surface area (TPSA) is 119 Å². The predicted molar refractivity (Wildman–Crippen MR) is 77.5 cm³/mol. The molecule has 2 amide bonds. The van der Waals surface area contributed by atoms with E-state index < -0.39 is 17.6 Å². The summed E-state index contributed by atoms with van der Waals surface area (Å²) < 4.78 is 0. The second kappa shape index (κ2) is 8.52. The van der Waals surface area contributed by atoms with Gasteiger partial charge >= 0.3 is 5.97 Å². The van der Waals surface area contributed by atoms with Gasteiger partial charge in [-0.25, -0.2) is 4.79 Å². The van der Waals surface area contributed by atoms with Gasteiger partial charge in [-0.15, -0.1) is 11.8 Å². The van der Waals surface area contributed by atoms with E-state index in [4.69, 9.17) is 5.11 Å². The molecule has 0 aromatic carbocycles. The molecule has 0 aromatic rings. The monoisotopic (exact) mass is 313 g/mol. The minimum Gasteiger partial charge on any atom is -0.480 e. The molecule has 0 heterocycles. The van der Waals surface area contributed by atoms with Gasteiger partial charge in [0.05, 0.1) is 11.8 Å². The van der Waals surface area contributed by atoms with Crippen molar-refractivity contribution >= 4 is 30.0 Å². The van der Waals surface area contributed by atoms with E-state index >= 15 is 0 Å². The summed E-state index contributed by atoms with van der Waals surface area (Å²) in [6, 6.07) is 1.18. The Labute approximate surface area is 127 Å². The van der Waals surface area contributed by atoms with Crippen LogP contribution in [0.5, 0.6) is 0 Å². The van der Waals surface area contributed by atoms with Gasteiger partial charge in [-0.1, -0.05) is 19.3 Å². The van der Waals surface area contributed by atoms with Crippen LogP contribution in [0.2, 0.25) is 0 Å². The Hall–Kier alpha value is -1.75. The average Bonchev–Trinajstić information content (AvgIpc) is 2.47. The van der Waals surface area contributed by atoms with Crippen LogP contribution in [0.15, 0.2) is 0 Å². The first-order chi connectivity index (χ1) is 10.0. The van der Waals surface area contributed by atoms with Crippen molar-refractivity contribution in [3.05, 3.63) is 0 Å². The van der Waals surface area contributed by atoms with Crippen LogP contribution in [0.1, 0.15) is 32.1 Å². The Bertz CT molecular complexity index is 430. The van der Waals surface area contributed by atoms with E-state index in [1.807, 2.05) is 0 Å². The van der Waals surface area contributed by atoms with E-state index in [0.29, 0.717) is 19.3 Å². The lowest BCUT2D eigenvalue weighted by atomic mass is 9.83. The molecule has 1 unspecified atom stereocenters. The predicted octanol–water partition coefficient (Wildman–Crippen LogP) is 0.261. The second-order valence-electron chi connectivity index (χ2n) is 4.99. The van der Waals surface area contributed by atoms with E-state index in [0.717, 1.165) is 31.0 Å². The smallest absolute Gasteiger partial charge is 0.327 e. The zero-order valence-electron chi connectivity index (χ0n) is 11.6. The first-order valence-electron chi connectivity index (χ1n) is 6.75. The molecule has 1 saturated carbocycles. The van der Waals surface area contributed by atoms with Crippen LogP contribution in [0.3, 0.4) is 0 Å². The normalized spacial score (nSPS) is 18.0. The van der Waals surface area contributed by atoms with Gasteiger partial charge in [0.25, 0.3) is 0 Å². The van der Waals surface area contributed by atoms with E-state index in [2.05, 4.69) is 16.7 Å². The van der Waals surface area contributed by atoms with Crippen molar-refractivity contribution in [3.8, 4) is 6.07 Å². The van der Waals surface area contributed by atoms with Crippen LogP contribution >= 0.6 is 11.8 Å². The van der Waals surface area contributed by atoms with Gasteiger partial charge in [0, 0.05) is 5.75 Å². The molecular weight excluding hydrogens is 294 g/mol. The Morgan fingerprint density at radius 3 is 2.57 bits per heavy atom. The Morgan fingerprint density at radius 1 is 1.38 bits per heavy atom. The maximum Gasteiger partial charge on any atom is 0.327 e. The number of nitrogens with one attached hydrogen (secondary N) is 2. The molecule has 7 nitrogen and oxygen atoms in total. The third kappa shape index (κ3) is 5.63. The molecule has 1 aliphatic rings. The van der Waals surface area contributed by atoms with Crippen LogP contribution < -0.4 is 10.6 Å². The summed E-state index contributed by atoms with van der Waals surface area (Å²) in [7, 11) is 0. The van der Waals surface area contributed by atoms with Crippen LogP contribution in [0.25, 0.3) is 0 Å². The summed E-state index contributed by atoms with van der Waals surface area (Å²) in [6.07, 6.45) is 4.56. The third-order valence-corrected chi connectivity index (χ3v) is 4.42. The van der Waals surface area contributed by atoms with Crippen molar-refractivity contribution in [2.45, 2.75) is 43.7 Å².